The van der Waals surface area contributed by atoms with E-state index in [4.69, 9.17) is 4.74 Å². The number of ether oxygens (including phenoxy) is 1. The summed E-state index contributed by atoms with van der Waals surface area (Å²) in [5.74, 6) is 0.0938. The third-order valence-electron chi connectivity index (χ3n) is 3.13. The maximum atomic E-state index is 11.9. The van der Waals surface area contributed by atoms with Crippen LogP contribution in [0, 0.1) is 0 Å². The Morgan fingerprint density at radius 1 is 1.31 bits per heavy atom. The third kappa shape index (κ3) is 1.28. The molecule has 16 heavy (non-hydrogen) atoms. The molecule has 0 aromatic heterocycles. The van der Waals surface area contributed by atoms with Crippen LogP contribution in [0.5, 0.6) is 0 Å². The van der Waals surface area contributed by atoms with Crippen molar-refractivity contribution >= 4 is 5.91 Å². The van der Waals surface area contributed by atoms with Gasteiger partial charge in [0, 0.05) is 11.1 Å². The Labute approximate surface area is 94.3 Å². The van der Waals surface area contributed by atoms with Crippen LogP contribution in [0.4, 0.5) is 0 Å². The van der Waals surface area contributed by atoms with Crippen molar-refractivity contribution in [3.63, 3.8) is 0 Å². The summed E-state index contributed by atoms with van der Waals surface area (Å²) in [6.45, 7) is 2.46. The van der Waals surface area contributed by atoms with Crippen molar-refractivity contribution in [3.8, 4) is 0 Å². The summed E-state index contributed by atoms with van der Waals surface area (Å²) in [5, 5.41) is 0. The number of hydrogen-bond acceptors (Lipinski definition) is 2. The van der Waals surface area contributed by atoms with Crippen LogP contribution in [0.1, 0.15) is 18.7 Å². The molecule has 82 valence electrons. The van der Waals surface area contributed by atoms with Crippen molar-refractivity contribution in [2.24, 2.45) is 0 Å². The molecule has 1 aromatic rings. The molecule has 0 radical (unpaired) electrons. The number of carbonyl (C=O) groups excluding carboxylic acids is 1. The molecule has 2 heterocycles. The highest BCUT2D eigenvalue weighted by molar-refractivity contribution is 5.96. The molecular formula is C13H13NO2. The molecule has 2 aliphatic rings. The number of carbonyl (C=O) groups is 1. The second-order valence-corrected chi connectivity index (χ2v) is 4.23. The Morgan fingerprint density at radius 3 is 2.81 bits per heavy atom. The summed E-state index contributed by atoms with van der Waals surface area (Å²) < 4.78 is 5.69. The minimum Gasteiger partial charge on any atom is -0.351 e. The topological polar surface area (TPSA) is 29.5 Å². The summed E-state index contributed by atoms with van der Waals surface area (Å²) >= 11 is 0. The average Bonchev–Trinajstić information content (AvgIpc) is 2.83. The monoisotopic (exact) mass is 215 g/mol. The highest BCUT2D eigenvalue weighted by Crippen LogP contribution is 2.36. The molecule has 0 saturated carbocycles. The Kier molecular flexibility index (Phi) is 2.07. The lowest BCUT2D eigenvalue weighted by atomic mass is 10.2. The van der Waals surface area contributed by atoms with Crippen molar-refractivity contribution in [2.75, 3.05) is 6.61 Å². The quantitative estimate of drug-likeness (QED) is 0.715. The van der Waals surface area contributed by atoms with Gasteiger partial charge in [-0.3, -0.25) is 4.79 Å². The van der Waals surface area contributed by atoms with Crippen molar-refractivity contribution in [3.05, 3.63) is 47.5 Å². The van der Waals surface area contributed by atoms with Gasteiger partial charge in [-0.15, -0.1) is 0 Å². The Morgan fingerprint density at radius 2 is 2.06 bits per heavy atom. The Bertz CT molecular complexity index is 452. The van der Waals surface area contributed by atoms with E-state index in [1.165, 1.54) is 0 Å². The molecule has 2 atom stereocenters. The minimum absolute atomic E-state index is 0.0938. The molecule has 1 aromatic carbocycles. The van der Waals surface area contributed by atoms with Gasteiger partial charge in [-0.25, -0.2) is 0 Å². The normalized spacial score (nSPS) is 28.2. The van der Waals surface area contributed by atoms with Crippen LogP contribution in [-0.2, 0) is 9.53 Å². The van der Waals surface area contributed by atoms with Crippen LogP contribution < -0.4 is 0 Å². The van der Waals surface area contributed by atoms with Crippen molar-refractivity contribution in [2.45, 2.75) is 19.2 Å². The molecule has 3 nitrogen and oxygen atoms in total. The summed E-state index contributed by atoms with van der Waals surface area (Å²) in [6.07, 6.45) is 1.78. The predicted molar refractivity (Wildman–Crippen MR) is 59.5 cm³/mol. The largest absolute Gasteiger partial charge is 0.351 e. The third-order valence-corrected chi connectivity index (χ3v) is 3.13. The van der Waals surface area contributed by atoms with Crippen LogP contribution in [-0.4, -0.2) is 23.5 Å². The van der Waals surface area contributed by atoms with Crippen molar-refractivity contribution in [1.29, 1.82) is 0 Å². The van der Waals surface area contributed by atoms with Crippen LogP contribution in [0.15, 0.2) is 42.0 Å². The van der Waals surface area contributed by atoms with Gasteiger partial charge in [-0.1, -0.05) is 36.4 Å². The molecule has 1 unspecified atom stereocenters. The van der Waals surface area contributed by atoms with E-state index >= 15 is 0 Å². The van der Waals surface area contributed by atoms with E-state index in [1.807, 2.05) is 48.2 Å². The number of amides is 1. The van der Waals surface area contributed by atoms with E-state index in [-0.39, 0.29) is 18.2 Å². The van der Waals surface area contributed by atoms with Gasteiger partial charge in [0.2, 0.25) is 0 Å². The number of fused-ring (bicyclic) bond motifs is 1. The zero-order chi connectivity index (χ0) is 11.1. The standard InChI is InChI=1S/C13H13NO2/c1-9-7-11-8-16-13(14(11)12(9)15)10-5-3-2-4-6-10/h2-7,11,13H,8H2,1H3/t11-,13?/m1/s1. The molecule has 3 rings (SSSR count). The SMILES string of the molecule is CC1=C[C@@H]2COC(c3ccccc3)N2C1=O. The van der Waals surface area contributed by atoms with Gasteiger partial charge < -0.3 is 9.64 Å². The fourth-order valence-electron chi connectivity index (χ4n) is 2.35. The van der Waals surface area contributed by atoms with Crippen LogP contribution in [0.3, 0.4) is 0 Å². The number of hydrogen-bond donors (Lipinski definition) is 0. The van der Waals surface area contributed by atoms with Gasteiger partial charge >= 0.3 is 0 Å². The number of nitrogens with zero attached hydrogens (tertiary/aromatic N) is 1. The first-order chi connectivity index (χ1) is 7.77. The number of rotatable bonds is 1. The molecule has 2 aliphatic heterocycles. The second-order valence-electron chi connectivity index (χ2n) is 4.23. The lowest BCUT2D eigenvalue weighted by Crippen LogP contribution is -2.32. The first kappa shape index (κ1) is 9.60. The van der Waals surface area contributed by atoms with Gasteiger partial charge in [0.15, 0.2) is 6.23 Å². The number of benzene rings is 1. The highest BCUT2D eigenvalue weighted by Gasteiger charge is 2.42. The fourth-order valence-corrected chi connectivity index (χ4v) is 2.35. The van der Waals surface area contributed by atoms with Crippen LogP contribution >= 0.6 is 0 Å². The fraction of sp³-hybridized carbons (Fsp3) is 0.308. The molecular weight excluding hydrogens is 202 g/mol. The van der Waals surface area contributed by atoms with E-state index in [1.54, 1.807) is 0 Å². The summed E-state index contributed by atoms with van der Waals surface area (Å²) in [4.78, 5) is 13.8. The highest BCUT2D eigenvalue weighted by atomic mass is 16.5. The van der Waals surface area contributed by atoms with Crippen molar-refractivity contribution in [1.82, 2.24) is 4.90 Å². The van der Waals surface area contributed by atoms with Gasteiger partial charge in [0.25, 0.3) is 5.91 Å². The van der Waals surface area contributed by atoms with Gasteiger partial charge in [0.05, 0.1) is 12.6 Å². The first-order valence-corrected chi connectivity index (χ1v) is 5.45. The van der Waals surface area contributed by atoms with E-state index in [2.05, 4.69) is 0 Å². The molecule has 0 N–H and O–H groups in total. The summed E-state index contributed by atoms with van der Waals surface area (Å²) in [7, 11) is 0. The minimum atomic E-state index is -0.215. The molecule has 1 amide bonds. The van der Waals surface area contributed by atoms with Crippen LogP contribution in [0.2, 0.25) is 0 Å². The first-order valence-electron chi connectivity index (χ1n) is 5.45. The Hall–Kier alpha value is -1.61. The maximum Gasteiger partial charge on any atom is 0.252 e. The molecule has 0 aliphatic carbocycles. The van der Waals surface area contributed by atoms with Crippen molar-refractivity contribution < 1.29 is 9.53 Å². The summed E-state index contributed by atoms with van der Waals surface area (Å²) in [5.41, 5.74) is 1.87. The average molecular weight is 215 g/mol. The Balaban J connectivity index is 1.93. The predicted octanol–water partition coefficient (Wildman–Crippen LogP) is 1.87. The van der Waals surface area contributed by atoms with Gasteiger partial charge in [-0.05, 0) is 6.92 Å². The smallest absolute Gasteiger partial charge is 0.252 e. The van der Waals surface area contributed by atoms with E-state index in [9.17, 15) is 4.79 Å². The lowest BCUT2D eigenvalue weighted by molar-refractivity contribution is -0.131. The van der Waals surface area contributed by atoms with Crippen LogP contribution in [0.25, 0.3) is 0 Å². The van der Waals surface area contributed by atoms with E-state index in [0.29, 0.717) is 6.61 Å². The molecule has 1 saturated heterocycles. The van der Waals surface area contributed by atoms with Gasteiger partial charge in [0.1, 0.15) is 0 Å². The molecule has 0 spiro atoms. The lowest BCUT2D eigenvalue weighted by Gasteiger charge is -2.22. The van der Waals surface area contributed by atoms with Gasteiger partial charge in [-0.2, -0.15) is 0 Å². The van der Waals surface area contributed by atoms with E-state index < -0.39 is 0 Å². The molecule has 3 heteroatoms. The molecule has 0 bridgehead atoms. The second kappa shape index (κ2) is 3.46. The maximum absolute atomic E-state index is 11.9. The van der Waals surface area contributed by atoms with E-state index in [0.717, 1.165) is 11.1 Å². The summed E-state index contributed by atoms with van der Waals surface area (Å²) in [6, 6.07) is 10.0. The molecule has 1 fully saturated rings. The zero-order valence-electron chi connectivity index (χ0n) is 9.09. The zero-order valence-corrected chi connectivity index (χ0v) is 9.09.